The van der Waals surface area contributed by atoms with E-state index in [0.717, 1.165) is 19.5 Å². The molecule has 0 spiro atoms. The predicted molar refractivity (Wildman–Crippen MR) is 47.4 cm³/mol. The smallest absolute Gasteiger partial charge is 0.0659 e. The van der Waals surface area contributed by atoms with E-state index >= 15 is 0 Å². The molecule has 2 aliphatic rings. The molecule has 0 aromatic heterocycles. The molecule has 64 valence electrons. The van der Waals surface area contributed by atoms with Crippen LogP contribution in [0, 0.1) is 23.2 Å². The van der Waals surface area contributed by atoms with Crippen LogP contribution in [0.4, 0.5) is 0 Å². The molecule has 3 atom stereocenters. The molecule has 1 heterocycles. The van der Waals surface area contributed by atoms with Gasteiger partial charge in [-0.05, 0) is 18.8 Å². The van der Waals surface area contributed by atoms with Crippen molar-refractivity contribution in [1.82, 2.24) is 4.90 Å². The van der Waals surface area contributed by atoms with E-state index in [9.17, 15) is 0 Å². The zero-order valence-electron chi connectivity index (χ0n) is 7.24. The first kappa shape index (κ1) is 7.82. The lowest BCUT2D eigenvalue weighted by atomic mass is 9.96. The number of nitrogens with zero attached hydrogens (tertiary/aromatic N) is 2. The van der Waals surface area contributed by atoms with Crippen molar-refractivity contribution in [1.29, 1.82) is 5.26 Å². The van der Waals surface area contributed by atoms with Crippen LogP contribution < -0.4 is 0 Å². The third-order valence-corrected chi connectivity index (χ3v) is 3.18. The van der Waals surface area contributed by atoms with E-state index in [0.29, 0.717) is 17.9 Å². The van der Waals surface area contributed by atoms with Crippen LogP contribution >= 0.6 is 0 Å². The molecule has 0 amide bonds. The fourth-order valence-electron chi connectivity index (χ4n) is 2.59. The molecule has 2 bridgehead atoms. The van der Waals surface area contributed by atoms with Gasteiger partial charge in [0.05, 0.1) is 12.0 Å². The Balaban J connectivity index is 1.99. The van der Waals surface area contributed by atoms with Gasteiger partial charge in [-0.15, -0.1) is 6.58 Å². The number of hydrogen-bond donors (Lipinski definition) is 0. The average Bonchev–Trinajstić information content (AvgIpc) is 2.62. The summed E-state index contributed by atoms with van der Waals surface area (Å²) in [5, 5.41) is 8.82. The van der Waals surface area contributed by atoms with E-state index in [2.05, 4.69) is 17.5 Å². The summed E-state index contributed by atoms with van der Waals surface area (Å²) >= 11 is 0. The summed E-state index contributed by atoms with van der Waals surface area (Å²) in [6.07, 6.45) is 4.29. The van der Waals surface area contributed by atoms with Crippen molar-refractivity contribution in [3.8, 4) is 6.07 Å². The summed E-state index contributed by atoms with van der Waals surface area (Å²) in [5.74, 6) is 0.996. The molecule has 2 heteroatoms. The van der Waals surface area contributed by atoms with Gasteiger partial charge in [0.15, 0.2) is 0 Å². The third kappa shape index (κ3) is 1.05. The molecule has 0 radical (unpaired) electrons. The summed E-state index contributed by atoms with van der Waals surface area (Å²) in [6.45, 7) is 5.86. The van der Waals surface area contributed by atoms with Gasteiger partial charge in [0.1, 0.15) is 0 Å². The Labute approximate surface area is 73.5 Å². The van der Waals surface area contributed by atoms with Gasteiger partial charge < -0.3 is 0 Å². The zero-order chi connectivity index (χ0) is 8.55. The Kier molecular flexibility index (Phi) is 1.90. The van der Waals surface area contributed by atoms with Crippen LogP contribution in [0.15, 0.2) is 12.7 Å². The lowest BCUT2D eigenvalue weighted by molar-refractivity contribution is 0.213. The minimum absolute atomic E-state index is 0.344. The number of likely N-dealkylation sites (tertiary alicyclic amines) is 1. The largest absolute Gasteiger partial charge is 0.296 e. The first-order valence-electron chi connectivity index (χ1n) is 4.59. The van der Waals surface area contributed by atoms with Crippen LogP contribution in [0.25, 0.3) is 0 Å². The monoisotopic (exact) mass is 162 g/mol. The van der Waals surface area contributed by atoms with Gasteiger partial charge in [-0.1, -0.05) is 6.08 Å². The van der Waals surface area contributed by atoms with Gasteiger partial charge in [0.2, 0.25) is 0 Å². The predicted octanol–water partition coefficient (Wildman–Crippen LogP) is 1.41. The molecule has 0 aromatic carbocycles. The van der Waals surface area contributed by atoms with Crippen LogP contribution in [0.3, 0.4) is 0 Å². The van der Waals surface area contributed by atoms with Crippen LogP contribution in [-0.2, 0) is 0 Å². The standard InChI is InChI=1S/C10H14N2/c1-2-3-12-7-9-5-10(12)4-8(9)6-11/h2,8-10H,1,3-5,7H2. The Morgan fingerprint density at radius 1 is 1.58 bits per heavy atom. The second kappa shape index (κ2) is 2.91. The lowest BCUT2D eigenvalue weighted by Gasteiger charge is -2.27. The van der Waals surface area contributed by atoms with Crippen LogP contribution in [-0.4, -0.2) is 24.0 Å². The molecule has 0 N–H and O–H groups in total. The molecule has 1 saturated heterocycles. The molecule has 12 heavy (non-hydrogen) atoms. The normalized spacial score (nSPS) is 39.8. The first-order valence-corrected chi connectivity index (χ1v) is 4.59. The quantitative estimate of drug-likeness (QED) is 0.574. The minimum atomic E-state index is 0.344. The molecular formula is C10H14N2. The van der Waals surface area contributed by atoms with Crippen LogP contribution in [0.2, 0.25) is 0 Å². The van der Waals surface area contributed by atoms with E-state index < -0.39 is 0 Å². The summed E-state index contributed by atoms with van der Waals surface area (Å²) in [5.41, 5.74) is 0. The van der Waals surface area contributed by atoms with E-state index in [1.165, 1.54) is 6.42 Å². The minimum Gasteiger partial charge on any atom is -0.296 e. The Bertz CT molecular complexity index is 228. The fourth-order valence-corrected chi connectivity index (χ4v) is 2.59. The Morgan fingerprint density at radius 3 is 2.92 bits per heavy atom. The number of rotatable bonds is 2. The first-order chi connectivity index (χ1) is 5.85. The van der Waals surface area contributed by atoms with Crippen molar-refractivity contribution in [2.75, 3.05) is 13.1 Å². The molecule has 2 rings (SSSR count). The van der Waals surface area contributed by atoms with Crippen molar-refractivity contribution in [3.63, 3.8) is 0 Å². The highest BCUT2D eigenvalue weighted by Crippen LogP contribution is 2.41. The molecule has 0 aromatic rings. The van der Waals surface area contributed by atoms with E-state index in [1.54, 1.807) is 0 Å². The maximum absolute atomic E-state index is 8.82. The topological polar surface area (TPSA) is 27.0 Å². The Morgan fingerprint density at radius 2 is 2.42 bits per heavy atom. The second-order valence-electron chi connectivity index (χ2n) is 3.86. The van der Waals surface area contributed by atoms with Crippen molar-refractivity contribution in [2.45, 2.75) is 18.9 Å². The number of nitriles is 1. The van der Waals surface area contributed by atoms with Gasteiger partial charge in [-0.25, -0.2) is 0 Å². The number of hydrogen-bond acceptors (Lipinski definition) is 2. The zero-order valence-corrected chi connectivity index (χ0v) is 7.24. The lowest BCUT2D eigenvalue weighted by Crippen LogP contribution is -2.35. The fraction of sp³-hybridized carbons (Fsp3) is 0.700. The third-order valence-electron chi connectivity index (χ3n) is 3.18. The SMILES string of the molecule is C=CCN1CC2CC1CC2C#N. The van der Waals surface area contributed by atoms with Crippen molar-refractivity contribution >= 4 is 0 Å². The number of piperidine rings is 1. The highest BCUT2D eigenvalue weighted by molar-refractivity contribution is 5.05. The maximum atomic E-state index is 8.82. The molecule has 2 nitrogen and oxygen atoms in total. The summed E-state index contributed by atoms with van der Waals surface area (Å²) in [7, 11) is 0. The highest BCUT2D eigenvalue weighted by atomic mass is 15.2. The maximum Gasteiger partial charge on any atom is 0.0659 e. The van der Waals surface area contributed by atoms with Gasteiger partial charge in [-0.2, -0.15) is 5.26 Å². The van der Waals surface area contributed by atoms with E-state index in [4.69, 9.17) is 5.26 Å². The van der Waals surface area contributed by atoms with Gasteiger partial charge >= 0.3 is 0 Å². The molecule has 1 aliphatic carbocycles. The molecular weight excluding hydrogens is 148 g/mol. The molecule has 2 fully saturated rings. The molecule has 3 unspecified atom stereocenters. The van der Waals surface area contributed by atoms with Crippen molar-refractivity contribution in [3.05, 3.63) is 12.7 Å². The van der Waals surface area contributed by atoms with Gasteiger partial charge in [0, 0.05) is 19.1 Å². The molecule has 1 aliphatic heterocycles. The van der Waals surface area contributed by atoms with Crippen molar-refractivity contribution < 1.29 is 0 Å². The van der Waals surface area contributed by atoms with E-state index in [1.807, 2.05) is 6.08 Å². The second-order valence-corrected chi connectivity index (χ2v) is 3.86. The summed E-state index contributed by atoms with van der Waals surface area (Å²) in [6, 6.07) is 3.08. The summed E-state index contributed by atoms with van der Waals surface area (Å²) < 4.78 is 0. The summed E-state index contributed by atoms with van der Waals surface area (Å²) in [4.78, 5) is 2.45. The van der Waals surface area contributed by atoms with Gasteiger partial charge in [0.25, 0.3) is 0 Å². The van der Waals surface area contributed by atoms with Crippen molar-refractivity contribution in [2.24, 2.45) is 11.8 Å². The molecule has 1 saturated carbocycles. The average molecular weight is 162 g/mol. The Hall–Kier alpha value is -0.810. The highest BCUT2D eigenvalue weighted by Gasteiger charge is 2.43. The van der Waals surface area contributed by atoms with Crippen LogP contribution in [0.5, 0.6) is 0 Å². The van der Waals surface area contributed by atoms with E-state index in [-0.39, 0.29) is 0 Å². The number of fused-ring (bicyclic) bond motifs is 2. The van der Waals surface area contributed by atoms with Crippen LogP contribution in [0.1, 0.15) is 12.8 Å². The van der Waals surface area contributed by atoms with Gasteiger partial charge in [-0.3, -0.25) is 4.90 Å².